The largest absolute Gasteiger partial charge is 0.379 e. The Labute approximate surface area is 100.0 Å². The number of benzene rings is 1. The van der Waals surface area contributed by atoms with E-state index in [9.17, 15) is 8.78 Å². The van der Waals surface area contributed by atoms with E-state index in [-0.39, 0.29) is 11.5 Å². The summed E-state index contributed by atoms with van der Waals surface area (Å²) in [4.78, 5) is 0.668. The maximum absolute atomic E-state index is 13.5. The van der Waals surface area contributed by atoms with Crippen LogP contribution in [0, 0.1) is 11.6 Å². The molecule has 1 nitrogen and oxygen atoms in total. The number of hydrogen-bond acceptors (Lipinski definition) is 1. The molecule has 5 heteroatoms. The second-order valence-corrected chi connectivity index (χ2v) is 4.90. The molecule has 2 rings (SSSR count). The normalized spacial score (nSPS) is 20.5. The van der Waals surface area contributed by atoms with Crippen LogP contribution in [-0.2, 0) is 0 Å². The van der Waals surface area contributed by atoms with E-state index >= 15 is 0 Å². The second-order valence-electron chi connectivity index (χ2n) is 3.49. The van der Waals surface area contributed by atoms with Crippen LogP contribution < -0.4 is 5.32 Å². The molecule has 1 aromatic rings. The molecule has 0 bridgehead atoms. The Bertz CT molecular complexity index is 399. The minimum atomic E-state index is -0.515. The highest BCUT2D eigenvalue weighted by molar-refractivity contribution is 9.10. The zero-order chi connectivity index (χ0) is 11.0. The molecule has 1 atom stereocenters. The van der Waals surface area contributed by atoms with Crippen LogP contribution in [0.3, 0.4) is 0 Å². The Morgan fingerprint density at radius 2 is 1.93 bits per heavy atom. The predicted octanol–water partition coefficient (Wildman–Crippen LogP) is 3.13. The first-order chi connectivity index (χ1) is 7.08. The van der Waals surface area contributed by atoms with Gasteiger partial charge in [-0.05, 0) is 12.1 Å². The van der Waals surface area contributed by atoms with Gasteiger partial charge in [0.05, 0.1) is 4.99 Å². The molecule has 1 aliphatic rings. The summed E-state index contributed by atoms with van der Waals surface area (Å²) in [6.45, 7) is 0.508. The number of halogens is 3. The zero-order valence-corrected chi connectivity index (χ0v) is 10.1. The summed E-state index contributed by atoms with van der Waals surface area (Å²) in [5, 5.41) is 2.92. The fraction of sp³-hybridized carbons (Fsp3) is 0.300. The van der Waals surface area contributed by atoms with Crippen LogP contribution in [0.5, 0.6) is 0 Å². The van der Waals surface area contributed by atoms with Gasteiger partial charge < -0.3 is 5.32 Å². The number of thiocarbonyl (C=S) groups is 1. The van der Waals surface area contributed by atoms with E-state index in [1.165, 1.54) is 12.1 Å². The van der Waals surface area contributed by atoms with Crippen molar-refractivity contribution in [2.24, 2.45) is 0 Å². The van der Waals surface area contributed by atoms with Crippen molar-refractivity contribution in [2.75, 3.05) is 6.54 Å². The zero-order valence-electron chi connectivity index (χ0n) is 7.69. The van der Waals surface area contributed by atoms with Gasteiger partial charge in [0.15, 0.2) is 0 Å². The summed E-state index contributed by atoms with van der Waals surface area (Å²) >= 11 is 7.99. The van der Waals surface area contributed by atoms with Gasteiger partial charge in [-0.1, -0.05) is 28.1 Å². The molecule has 1 saturated heterocycles. The van der Waals surface area contributed by atoms with Crippen LogP contribution in [0.25, 0.3) is 0 Å². The van der Waals surface area contributed by atoms with Crippen LogP contribution >= 0.6 is 28.1 Å². The molecule has 1 aliphatic heterocycles. The fourth-order valence-electron chi connectivity index (χ4n) is 1.75. The third kappa shape index (κ3) is 2.18. The summed E-state index contributed by atoms with van der Waals surface area (Å²) in [5.41, 5.74) is 0.130. The van der Waals surface area contributed by atoms with Crippen molar-refractivity contribution in [3.05, 3.63) is 33.8 Å². The van der Waals surface area contributed by atoms with Crippen LogP contribution in [0.15, 0.2) is 16.6 Å². The molecule has 0 spiro atoms. The van der Waals surface area contributed by atoms with Crippen LogP contribution in [0.1, 0.15) is 17.9 Å². The topological polar surface area (TPSA) is 12.0 Å². The monoisotopic (exact) mass is 291 g/mol. The van der Waals surface area contributed by atoms with E-state index < -0.39 is 11.6 Å². The van der Waals surface area contributed by atoms with Crippen molar-refractivity contribution < 1.29 is 8.78 Å². The molecule has 0 aromatic heterocycles. The molecule has 1 N–H and O–H groups in total. The summed E-state index contributed by atoms with van der Waals surface area (Å²) < 4.78 is 27.5. The summed E-state index contributed by atoms with van der Waals surface area (Å²) in [7, 11) is 0. The summed E-state index contributed by atoms with van der Waals surface area (Å²) in [6, 6.07) is 2.56. The van der Waals surface area contributed by atoms with Crippen LogP contribution in [-0.4, -0.2) is 11.5 Å². The van der Waals surface area contributed by atoms with Gasteiger partial charge in [-0.15, -0.1) is 0 Å². The smallest absolute Gasteiger partial charge is 0.130 e. The average molecular weight is 292 g/mol. The fourth-order valence-corrected chi connectivity index (χ4v) is 2.44. The van der Waals surface area contributed by atoms with Crippen molar-refractivity contribution in [1.29, 1.82) is 0 Å². The first-order valence-electron chi connectivity index (χ1n) is 4.49. The Balaban J connectivity index is 2.39. The second kappa shape index (κ2) is 4.14. The van der Waals surface area contributed by atoms with Gasteiger partial charge in [-0.3, -0.25) is 0 Å². The number of rotatable bonds is 1. The van der Waals surface area contributed by atoms with Crippen molar-refractivity contribution in [1.82, 2.24) is 5.32 Å². The number of hydrogen-bond donors (Lipinski definition) is 1. The van der Waals surface area contributed by atoms with Gasteiger partial charge in [0, 0.05) is 28.9 Å². The Kier molecular flexibility index (Phi) is 3.02. The Morgan fingerprint density at radius 1 is 1.33 bits per heavy atom. The third-order valence-corrected chi connectivity index (χ3v) is 3.20. The summed E-state index contributed by atoms with van der Waals surface area (Å²) in [6.07, 6.45) is 0.519. The van der Waals surface area contributed by atoms with Gasteiger partial charge in [0.2, 0.25) is 0 Å². The quantitative estimate of drug-likeness (QED) is 0.798. The molecule has 0 radical (unpaired) electrons. The van der Waals surface area contributed by atoms with Gasteiger partial charge in [-0.2, -0.15) is 0 Å². The maximum Gasteiger partial charge on any atom is 0.130 e. The standard InChI is InChI=1S/C10H8BrF2NS/c11-6-2-7(12)10(8(13)3-6)5-1-9(15)14-4-5/h2-3,5H,1,4H2,(H,14,15). The van der Waals surface area contributed by atoms with Gasteiger partial charge >= 0.3 is 0 Å². The van der Waals surface area contributed by atoms with Gasteiger partial charge in [0.1, 0.15) is 11.6 Å². The molecule has 0 saturated carbocycles. The molecule has 15 heavy (non-hydrogen) atoms. The van der Waals surface area contributed by atoms with E-state index in [1.54, 1.807) is 0 Å². The molecular weight excluding hydrogens is 284 g/mol. The molecule has 80 valence electrons. The molecule has 0 aliphatic carbocycles. The molecular formula is C10H8BrF2NS. The average Bonchev–Trinajstić information content (AvgIpc) is 2.49. The van der Waals surface area contributed by atoms with Crippen molar-refractivity contribution >= 4 is 33.1 Å². The highest BCUT2D eigenvalue weighted by Gasteiger charge is 2.26. The Morgan fingerprint density at radius 3 is 2.40 bits per heavy atom. The predicted molar refractivity (Wildman–Crippen MR) is 62.0 cm³/mol. The van der Waals surface area contributed by atoms with E-state index in [0.29, 0.717) is 22.4 Å². The molecule has 1 aromatic carbocycles. The van der Waals surface area contributed by atoms with Crippen molar-refractivity contribution in [3.63, 3.8) is 0 Å². The first-order valence-corrected chi connectivity index (χ1v) is 5.69. The molecule has 0 amide bonds. The lowest BCUT2D eigenvalue weighted by Crippen LogP contribution is -2.12. The van der Waals surface area contributed by atoms with Gasteiger partial charge in [0.25, 0.3) is 0 Å². The molecule has 1 fully saturated rings. The Hall–Kier alpha value is -0.550. The van der Waals surface area contributed by atoms with Crippen molar-refractivity contribution in [2.45, 2.75) is 12.3 Å². The van der Waals surface area contributed by atoms with E-state index in [1.807, 2.05) is 0 Å². The molecule has 1 heterocycles. The van der Waals surface area contributed by atoms with E-state index in [0.717, 1.165) is 0 Å². The van der Waals surface area contributed by atoms with E-state index in [2.05, 4.69) is 21.2 Å². The SMILES string of the molecule is Fc1cc(Br)cc(F)c1C1CNC(=S)C1. The minimum absolute atomic E-state index is 0.130. The maximum atomic E-state index is 13.5. The number of nitrogens with one attached hydrogen (secondary N) is 1. The minimum Gasteiger partial charge on any atom is -0.379 e. The van der Waals surface area contributed by atoms with E-state index in [4.69, 9.17) is 12.2 Å². The lowest BCUT2D eigenvalue weighted by molar-refractivity contribution is 0.531. The van der Waals surface area contributed by atoms with Crippen molar-refractivity contribution in [3.8, 4) is 0 Å². The highest BCUT2D eigenvalue weighted by atomic mass is 79.9. The molecule has 1 unspecified atom stereocenters. The first kappa shape index (κ1) is 11.0. The van der Waals surface area contributed by atoms with Gasteiger partial charge in [-0.25, -0.2) is 8.78 Å². The lowest BCUT2D eigenvalue weighted by Gasteiger charge is -2.10. The van der Waals surface area contributed by atoms with Crippen LogP contribution in [0.2, 0.25) is 0 Å². The third-order valence-electron chi connectivity index (χ3n) is 2.43. The highest BCUT2D eigenvalue weighted by Crippen LogP contribution is 2.30. The lowest BCUT2D eigenvalue weighted by atomic mass is 9.97. The summed E-state index contributed by atoms with van der Waals surface area (Å²) in [5.74, 6) is -1.22. The van der Waals surface area contributed by atoms with Crippen LogP contribution in [0.4, 0.5) is 8.78 Å².